The van der Waals surface area contributed by atoms with Crippen molar-refractivity contribution in [3.63, 3.8) is 0 Å². The highest BCUT2D eigenvalue weighted by atomic mass is 32.1. The van der Waals surface area contributed by atoms with Gasteiger partial charge in [-0.2, -0.15) is 0 Å². The van der Waals surface area contributed by atoms with Crippen LogP contribution in [-0.2, 0) is 10.2 Å². The van der Waals surface area contributed by atoms with E-state index in [2.05, 4.69) is 4.98 Å². The number of carboxylic acids is 1. The van der Waals surface area contributed by atoms with Crippen LogP contribution in [0.3, 0.4) is 0 Å². The first-order chi connectivity index (χ1) is 5.85. The van der Waals surface area contributed by atoms with Crippen molar-refractivity contribution in [2.24, 2.45) is 0 Å². The van der Waals surface area contributed by atoms with Crippen LogP contribution in [0.4, 0.5) is 0 Å². The molecule has 0 aromatic carbocycles. The predicted octanol–water partition coefficient (Wildman–Crippen LogP) is 2.12. The Labute approximate surface area is 81.4 Å². The van der Waals surface area contributed by atoms with Gasteiger partial charge >= 0.3 is 5.97 Å². The molecule has 72 valence electrons. The normalized spacial score (nSPS) is 11.7. The molecule has 0 aliphatic heterocycles. The Hall–Kier alpha value is -0.900. The Morgan fingerprint density at radius 2 is 2.00 bits per heavy atom. The highest BCUT2D eigenvalue weighted by Gasteiger charge is 2.32. The van der Waals surface area contributed by atoms with Crippen molar-refractivity contribution in [1.82, 2.24) is 4.98 Å². The molecule has 0 aliphatic carbocycles. The minimum absolute atomic E-state index is 0.676. The van der Waals surface area contributed by atoms with E-state index >= 15 is 0 Å². The van der Waals surface area contributed by atoms with Gasteiger partial charge in [-0.1, -0.05) is 0 Å². The van der Waals surface area contributed by atoms with Crippen LogP contribution >= 0.6 is 11.3 Å². The molecule has 3 nitrogen and oxygen atoms in total. The molecule has 13 heavy (non-hydrogen) atoms. The van der Waals surface area contributed by atoms with Gasteiger partial charge in [0.2, 0.25) is 0 Å². The summed E-state index contributed by atoms with van der Waals surface area (Å²) >= 11 is 1.46. The molecular formula is C9H13NO2S. The second kappa shape index (κ2) is 3.10. The van der Waals surface area contributed by atoms with E-state index in [0.717, 1.165) is 10.6 Å². The number of aromatic nitrogens is 1. The molecule has 0 fully saturated rings. The minimum atomic E-state index is -0.871. The van der Waals surface area contributed by atoms with Crippen molar-refractivity contribution >= 4 is 17.3 Å². The van der Waals surface area contributed by atoms with Crippen LogP contribution in [0, 0.1) is 13.8 Å². The van der Waals surface area contributed by atoms with Gasteiger partial charge in [-0.3, -0.25) is 4.79 Å². The topological polar surface area (TPSA) is 50.2 Å². The van der Waals surface area contributed by atoms with Crippen LogP contribution in [0.25, 0.3) is 0 Å². The van der Waals surface area contributed by atoms with Crippen molar-refractivity contribution in [3.05, 3.63) is 15.6 Å². The summed E-state index contributed by atoms with van der Waals surface area (Å²) in [6.45, 7) is 7.20. The molecule has 0 saturated carbocycles. The van der Waals surface area contributed by atoms with E-state index in [1.165, 1.54) is 11.3 Å². The Morgan fingerprint density at radius 3 is 2.31 bits per heavy atom. The standard InChI is InChI=1S/C9H13NO2S/c1-5-6(2)13-7(10-5)9(3,4)8(11)12/h1-4H3,(H,11,12). The third-order valence-corrected chi connectivity index (χ3v) is 3.49. The van der Waals surface area contributed by atoms with E-state index < -0.39 is 11.4 Å². The molecule has 0 saturated heterocycles. The Balaban J connectivity index is 3.15. The van der Waals surface area contributed by atoms with E-state index in [9.17, 15) is 4.79 Å². The van der Waals surface area contributed by atoms with Crippen molar-refractivity contribution in [2.45, 2.75) is 33.1 Å². The summed E-state index contributed by atoms with van der Waals surface area (Å²) in [6.07, 6.45) is 0. The number of thiazole rings is 1. The van der Waals surface area contributed by atoms with Gasteiger partial charge < -0.3 is 5.11 Å². The average Bonchev–Trinajstić information content (AvgIpc) is 2.32. The zero-order chi connectivity index (χ0) is 10.2. The summed E-state index contributed by atoms with van der Waals surface area (Å²) in [5.74, 6) is -0.832. The molecule has 1 heterocycles. The number of hydrogen-bond acceptors (Lipinski definition) is 3. The lowest BCUT2D eigenvalue weighted by atomic mass is 9.95. The molecule has 0 atom stereocenters. The summed E-state index contributed by atoms with van der Waals surface area (Å²) in [5.41, 5.74) is 0.0540. The summed E-state index contributed by atoms with van der Waals surface area (Å²) in [5, 5.41) is 9.64. The van der Waals surface area contributed by atoms with Crippen molar-refractivity contribution in [2.75, 3.05) is 0 Å². The largest absolute Gasteiger partial charge is 0.481 e. The molecule has 0 amide bonds. The number of carboxylic acid groups (broad SMARTS) is 1. The zero-order valence-electron chi connectivity index (χ0n) is 8.21. The third kappa shape index (κ3) is 1.72. The van der Waals surface area contributed by atoms with Crippen molar-refractivity contribution in [1.29, 1.82) is 0 Å². The molecule has 0 radical (unpaired) electrons. The number of aryl methyl sites for hydroxylation is 2. The summed E-state index contributed by atoms with van der Waals surface area (Å²) in [7, 11) is 0. The van der Waals surface area contributed by atoms with Crippen LogP contribution in [0.5, 0.6) is 0 Å². The molecule has 0 aliphatic rings. The fourth-order valence-corrected chi connectivity index (χ4v) is 1.84. The van der Waals surface area contributed by atoms with Crippen LogP contribution in [-0.4, -0.2) is 16.1 Å². The van der Waals surface area contributed by atoms with E-state index in [-0.39, 0.29) is 0 Å². The van der Waals surface area contributed by atoms with Gasteiger partial charge in [0.05, 0.1) is 5.69 Å². The highest BCUT2D eigenvalue weighted by Crippen LogP contribution is 2.29. The van der Waals surface area contributed by atoms with Crippen LogP contribution in [0.15, 0.2) is 0 Å². The SMILES string of the molecule is Cc1nc(C(C)(C)C(=O)O)sc1C. The monoisotopic (exact) mass is 199 g/mol. The summed E-state index contributed by atoms with van der Waals surface area (Å²) in [6, 6.07) is 0. The van der Waals surface area contributed by atoms with Gasteiger partial charge in [0, 0.05) is 4.88 Å². The first kappa shape index (κ1) is 10.2. The third-order valence-electron chi connectivity index (χ3n) is 2.10. The Kier molecular flexibility index (Phi) is 2.43. The van der Waals surface area contributed by atoms with Gasteiger partial charge in [-0.15, -0.1) is 11.3 Å². The number of nitrogens with zero attached hydrogens (tertiary/aromatic N) is 1. The van der Waals surface area contributed by atoms with Crippen molar-refractivity contribution in [3.8, 4) is 0 Å². The maximum absolute atomic E-state index is 10.9. The summed E-state index contributed by atoms with van der Waals surface area (Å²) < 4.78 is 0. The maximum atomic E-state index is 10.9. The second-order valence-electron chi connectivity index (χ2n) is 3.59. The first-order valence-corrected chi connectivity index (χ1v) is 4.85. The van der Waals surface area contributed by atoms with Crippen LogP contribution in [0.2, 0.25) is 0 Å². The first-order valence-electron chi connectivity index (χ1n) is 4.03. The Morgan fingerprint density at radius 1 is 1.46 bits per heavy atom. The molecule has 0 bridgehead atoms. The van der Waals surface area contributed by atoms with E-state index in [4.69, 9.17) is 5.11 Å². The second-order valence-corrected chi connectivity index (χ2v) is 4.79. The van der Waals surface area contributed by atoms with Gasteiger partial charge in [0.25, 0.3) is 0 Å². The van der Waals surface area contributed by atoms with E-state index in [1.807, 2.05) is 13.8 Å². The lowest BCUT2D eigenvalue weighted by Gasteiger charge is -2.14. The lowest BCUT2D eigenvalue weighted by molar-refractivity contribution is -0.142. The number of carbonyl (C=O) groups is 1. The average molecular weight is 199 g/mol. The van der Waals surface area contributed by atoms with Gasteiger partial charge in [-0.05, 0) is 27.7 Å². The molecular weight excluding hydrogens is 186 g/mol. The van der Waals surface area contributed by atoms with Crippen LogP contribution < -0.4 is 0 Å². The molecule has 1 rings (SSSR count). The molecule has 0 spiro atoms. The fourth-order valence-electron chi connectivity index (χ4n) is 0.832. The lowest BCUT2D eigenvalue weighted by Crippen LogP contribution is -2.28. The number of aliphatic carboxylic acids is 1. The van der Waals surface area contributed by atoms with E-state index in [1.54, 1.807) is 13.8 Å². The molecule has 1 aromatic heterocycles. The van der Waals surface area contributed by atoms with Crippen LogP contribution in [0.1, 0.15) is 29.4 Å². The molecule has 0 unspecified atom stereocenters. The smallest absolute Gasteiger partial charge is 0.316 e. The highest BCUT2D eigenvalue weighted by molar-refractivity contribution is 7.12. The van der Waals surface area contributed by atoms with E-state index in [0.29, 0.717) is 5.01 Å². The quantitative estimate of drug-likeness (QED) is 0.793. The maximum Gasteiger partial charge on any atom is 0.316 e. The Bertz CT molecular complexity index is 322. The molecule has 4 heteroatoms. The zero-order valence-corrected chi connectivity index (χ0v) is 9.03. The molecule has 1 aromatic rings. The minimum Gasteiger partial charge on any atom is -0.481 e. The summed E-state index contributed by atoms with van der Waals surface area (Å²) in [4.78, 5) is 16.2. The van der Waals surface area contributed by atoms with Crippen molar-refractivity contribution < 1.29 is 9.90 Å². The van der Waals surface area contributed by atoms with Gasteiger partial charge in [-0.25, -0.2) is 4.98 Å². The fraction of sp³-hybridized carbons (Fsp3) is 0.556. The number of rotatable bonds is 2. The predicted molar refractivity (Wildman–Crippen MR) is 52.2 cm³/mol. The van der Waals surface area contributed by atoms with Gasteiger partial charge in [0.15, 0.2) is 0 Å². The molecule has 1 N–H and O–H groups in total. The van der Waals surface area contributed by atoms with Gasteiger partial charge in [0.1, 0.15) is 10.4 Å². The number of hydrogen-bond donors (Lipinski definition) is 1.